The smallest absolute Gasteiger partial charge is 0.542 e. The maximum atomic E-state index is 10.8. The molecule has 0 bridgehead atoms. The summed E-state index contributed by atoms with van der Waals surface area (Å²) in [6, 6.07) is 2.87. The zero-order valence-corrected chi connectivity index (χ0v) is 16.6. The maximum absolute atomic E-state index is 10.8. The molecule has 0 atom stereocenters. The molecule has 0 spiro atoms. The second-order valence-electron chi connectivity index (χ2n) is 5.47. The average Bonchev–Trinajstić information content (AvgIpc) is 2.70. The Bertz CT molecular complexity index is 491. The van der Waals surface area contributed by atoms with Gasteiger partial charge >= 0.3 is 51.4 Å². The van der Waals surface area contributed by atoms with E-state index in [1.165, 1.54) is 10.8 Å². The Morgan fingerprint density at radius 1 is 1.50 bits per heavy atom. The molecule has 1 aromatic heterocycles. The minimum atomic E-state index is -1.39. The van der Waals surface area contributed by atoms with Crippen LogP contribution in [0.3, 0.4) is 0 Å². The van der Waals surface area contributed by atoms with Crippen molar-refractivity contribution >= 4 is 14.0 Å². The Balaban J connectivity index is 0.00000361. The first kappa shape index (κ1) is 20.0. The summed E-state index contributed by atoms with van der Waals surface area (Å²) >= 11 is 0. The van der Waals surface area contributed by atoms with Crippen LogP contribution in [0.15, 0.2) is 6.20 Å². The minimum absolute atomic E-state index is 0. The van der Waals surface area contributed by atoms with Crippen molar-refractivity contribution in [2.75, 3.05) is 13.2 Å². The molecule has 6 nitrogen and oxygen atoms in total. The molecule has 0 aromatic carbocycles. The summed E-state index contributed by atoms with van der Waals surface area (Å²) in [5.41, 5.74) is 0.0706. The number of nitrogens with zero attached hydrogens (tertiary/aromatic N) is 3. The Morgan fingerprint density at radius 2 is 2.15 bits per heavy atom. The molecule has 0 aliphatic rings. The Hall–Kier alpha value is -0.0168. The molecule has 0 fully saturated rings. The number of carbonyl (C=O) groups is 1. The van der Waals surface area contributed by atoms with Crippen LogP contribution in [-0.2, 0) is 11.3 Å². The van der Waals surface area contributed by atoms with Gasteiger partial charge in [-0.15, -0.1) is 0 Å². The summed E-state index contributed by atoms with van der Waals surface area (Å²) in [4.78, 5) is 14.5. The van der Waals surface area contributed by atoms with E-state index in [4.69, 9.17) is 10.00 Å². The van der Waals surface area contributed by atoms with Crippen molar-refractivity contribution in [3.05, 3.63) is 17.7 Å². The van der Waals surface area contributed by atoms with Crippen LogP contribution in [0.1, 0.15) is 16.3 Å². The van der Waals surface area contributed by atoms with Crippen LogP contribution in [0.2, 0.25) is 25.7 Å². The van der Waals surface area contributed by atoms with Crippen molar-refractivity contribution in [1.82, 2.24) is 9.55 Å². The topological polar surface area (TPSA) is 91.0 Å². The molecule has 0 aliphatic heterocycles. The van der Waals surface area contributed by atoms with Crippen LogP contribution >= 0.6 is 0 Å². The van der Waals surface area contributed by atoms with Gasteiger partial charge in [-0.3, -0.25) is 0 Å². The van der Waals surface area contributed by atoms with E-state index >= 15 is 0 Å². The van der Waals surface area contributed by atoms with E-state index in [2.05, 4.69) is 24.6 Å². The summed E-state index contributed by atoms with van der Waals surface area (Å²) in [5.74, 6) is -1.62. The molecular formula is C12H18KN3O3Si. The Morgan fingerprint density at radius 3 is 2.65 bits per heavy atom. The number of carboxylic acids is 1. The summed E-state index contributed by atoms with van der Waals surface area (Å²) in [5, 5.41) is 19.5. The number of nitriles is 1. The number of hydrogen-bond acceptors (Lipinski definition) is 5. The fourth-order valence-corrected chi connectivity index (χ4v) is 2.20. The largest absolute Gasteiger partial charge is 1.00 e. The predicted octanol–water partition coefficient (Wildman–Crippen LogP) is -2.52. The minimum Gasteiger partial charge on any atom is -0.542 e. The van der Waals surface area contributed by atoms with Crippen molar-refractivity contribution in [1.29, 1.82) is 5.26 Å². The van der Waals surface area contributed by atoms with Gasteiger partial charge in [0.2, 0.25) is 0 Å². The van der Waals surface area contributed by atoms with E-state index in [-0.39, 0.29) is 62.9 Å². The first-order valence-electron chi connectivity index (χ1n) is 6.10. The SMILES string of the molecule is C[Si](C)(C)CCOCCn1cc(C#N)nc1C(=O)[O-].[K+]. The number of aromatic nitrogens is 2. The third kappa shape index (κ3) is 7.12. The van der Waals surface area contributed by atoms with E-state index in [1.807, 2.05) is 0 Å². The number of rotatable bonds is 7. The maximum Gasteiger partial charge on any atom is 1.00 e. The third-order valence-corrected chi connectivity index (χ3v) is 4.25. The van der Waals surface area contributed by atoms with Crippen LogP contribution in [0.4, 0.5) is 0 Å². The molecule has 0 N–H and O–H groups in total. The number of ether oxygens (including phenoxy) is 1. The van der Waals surface area contributed by atoms with E-state index in [0.717, 1.165) is 6.04 Å². The first-order valence-corrected chi connectivity index (χ1v) is 9.80. The summed E-state index contributed by atoms with van der Waals surface area (Å²) < 4.78 is 6.86. The van der Waals surface area contributed by atoms with Crippen molar-refractivity contribution in [3.63, 3.8) is 0 Å². The first-order chi connectivity index (χ1) is 8.83. The second kappa shape index (κ2) is 9.09. The monoisotopic (exact) mass is 319 g/mol. The molecule has 0 saturated heterocycles. The van der Waals surface area contributed by atoms with Gasteiger partial charge in [-0.1, -0.05) is 19.6 Å². The van der Waals surface area contributed by atoms with E-state index in [1.54, 1.807) is 6.07 Å². The van der Waals surface area contributed by atoms with Crippen molar-refractivity contribution in [3.8, 4) is 6.07 Å². The number of hydrogen-bond donors (Lipinski definition) is 0. The van der Waals surface area contributed by atoms with E-state index in [9.17, 15) is 9.90 Å². The summed E-state index contributed by atoms with van der Waals surface area (Å²) in [7, 11) is -1.11. The van der Waals surface area contributed by atoms with Crippen LogP contribution < -0.4 is 56.5 Å². The standard InChI is InChI=1S/C12H19N3O3Si.K/c1-19(2,3)7-6-18-5-4-15-9-10(8-13)14-11(15)12(16)17;/h9H,4-7H2,1-3H3,(H,16,17);/q;+1/p-1. The van der Waals surface area contributed by atoms with Gasteiger partial charge < -0.3 is 19.2 Å². The quantitative estimate of drug-likeness (QED) is 0.408. The summed E-state index contributed by atoms with van der Waals surface area (Å²) in [6.45, 7) is 8.21. The number of imidazole rings is 1. The van der Waals surface area contributed by atoms with Gasteiger partial charge in [0, 0.05) is 27.4 Å². The van der Waals surface area contributed by atoms with Gasteiger partial charge in [-0.25, -0.2) is 4.98 Å². The number of carbonyl (C=O) groups excluding carboxylic acids is 1. The normalized spacial score (nSPS) is 10.7. The Labute approximate surface area is 162 Å². The molecule has 0 radical (unpaired) electrons. The fourth-order valence-electron chi connectivity index (χ4n) is 1.45. The molecule has 20 heavy (non-hydrogen) atoms. The third-order valence-electron chi connectivity index (χ3n) is 2.55. The van der Waals surface area contributed by atoms with E-state index < -0.39 is 14.0 Å². The molecule has 0 aliphatic carbocycles. The molecule has 0 unspecified atom stereocenters. The molecule has 104 valence electrons. The van der Waals surface area contributed by atoms with Crippen LogP contribution in [0.25, 0.3) is 0 Å². The molecule has 0 amide bonds. The Kier molecular flexibility index (Phi) is 9.09. The van der Waals surface area contributed by atoms with Crippen molar-refractivity contribution in [2.24, 2.45) is 0 Å². The molecular weight excluding hydrogens is 301 g/mol. The van der Waals surface area contributed by atoms with E-state index in [0.29, 0.717) is 19.8 Å². The van der Waals surface area contributed by atoms with Gasteiger partial charge in [0.15, 0.2) is 11.5 Å². The van der Waals surface area contributed by atoms with Gasteiger partial charge in [0.05, 0.1) is 6.61 Å². The molecule has 1 heterocycles. The molecule has 0 saturated carbocycles. The molecule has 1 aromatic rings. The zero-order chi connectivity index (χ0) is 14.5. The molecule has 1 rings (SSSR count). The van der Waals surface area contributed by atoms with Gasteiger partial charge in [-0.2, -0.15) is 5.26 Å². The summed E-state index contributed by atoms with van der Waals surface area (Å²) in [6.07, 6.45) is 1.40. The predicted molar refractivity (Wildman–Crippen MR) is 70.2 cm³/mol. The van der Waals surface area contributed by atoms with Gasteiger partial charge in [0.25, 0.3) is 0 Å². The number of carboxylic acid groups (broad SMARTS) is 1. The van der Waals surface area contributed by atoms with Crippen LogP contribution in [0.5, 0.6) is 0 Å². The molecule has 8 heteroatoms. The second-order valence-corrected chi connectivity index (χ2v) is 11.1. The zero-order valence-electron chi connectivity index (χ0n) is 12.5. The van der Waals surface area contributed by atoms with Crippen molar-refractivity contribution < 1.29 is 66.0 Å². The van der Waals surface area contributed by atoms with Gasteiger partial charge in [0.1, 0.15) is 12.0 Å². The van der Waals surface area contributed by atoms with Crippen LogP contribution in [-0.4, -0.2) is 36.8 Å². The average molecular weight is 319 g/mol. The van der Waals surface area contributed by atoms with Crippen molar-refractivity contribution in [2.45, 2.75) is 32.2 Å². The van der Waals surface area contributed by atoms with Gasteiger partial charge in [-0.05, 0) is 6.04 Å². The number of aromatic carboxylic acids is 1. The van der Waals surface area contributed by atoms with Crippen LogP contribution in [0, 0.1) is 11.3 Å². The fraction of sp³-hybridized carbons (Fsp3) is 0.583.